The summed E-state index contributed by atoms with van der Waals surface area (Å²) in [5.74, 6) is 0.724. The van der Waals surface area contributed by atoms with Crippen LogP contribution in [0.15, 0.2) is 48.5 Å². The van der Waals surface area contributed by atoms with E-state index in [-0.39, 0.29) is 17.7 Å². The first kappa shape index (κ1) is 18.1. The van der Waals surface area contributed by atoms with Gasteiger partial charge in [-0.15, -0.1) is 0 Å². The molecule has 0 saturated heterocycles. The molecule has 2 N–H and O–H groups in total. The fourth-order valence-electron chi connectivity index (χ4n) is 3.65. The lowest BCUT2D eigenvalue weighted by atomic mass is 9.96. The van der Waals surface area contributed by atoms with E-state index in [9.17, 15) is 9.90 Å². The number of H-pyrrole nitrogens is 1. The summed E-state index contributed by atoms with van der Waals surface area (Å²) < 4.78 is 10.5. The van der Waals surface area contributed by atoms with Gasteiger partial charge in [0.2, 0.25) is 0 Å². The Morgan fingerprint density at radius 2 is 2.00 bits per heavy atom. The highest BCUT2D eigenvalue weighted by Crippen LogP contribution is 2.43. The molecule has 0 bridgehead atoms. The van der Waals surface area contributed by atoms with Crippen LogP contribution >= 0.6 is 0 Å². The predicted octanol–water partition coefficient (Wildman–Crippen LogP) is 2.98. The smallest absolute Gasteiger partial charge is 0.273 e. The van der Waals surface area contributed by atoms with Gasteiger partial charge in [-0.1, -0.05) is 24.3 Å². The average molecular weight is 379 g/mol. The number of methoxy groups -OCH3 is 2. The van der Waals surface area contributed by atoms with Crippen LogP contribution in [0.2, 0.25) is 0 Å². The van der Waals surface area contributed by atoms with Gasteiger partial charge in [-0.25, -0.2) is 0 Å². The molecule has 2 heterocycles. The average Bonchev–Trinajstić information content (AvgIpc) is 3.25. The molecule has 0 fully saturated rings. The number of phenolic OH excluding ortho intramolecular Hbond substituents is 1. The minimum absolute atomic E-state index is 0.137. The second kappa shape index (κ2) is 7.36. The van der Waals surface area contributed by atoms with Crippen molar-refractivity contribution in [3.05, 3.63) is 65.4 Å². The van der Waals surface area contributed by atoms with Crippen molar-refractivity contribution in [2.45, 2.75) is 6.04 Å². The van der Waals surface area contributed by atoms with Gasteiger partial charge in [0.25, 0.3) is 5.91 Å². The number of benzene rings is 2. The first-order chi connectivity index (χ1) is 13.6. The first-order valence-electron chi connectivity index (χ1n) is 8.95. The van der Waals surface area contributed by atoms with Gasteiger partial charge in [0.05, 0.1) is 25.5 Å². The molecule has 28 heavy (non-hydrogen) atoms. The Labute approximate surface area is 162 Å². The highest BCUT2D eigenvalue weighted by atomic mass is 16.5. The monoisotopic (exact) mass is 379 g/mol. The minimum atomic E-state index is -0.371. The van der Waals surface area contributed by atoms with Gasteiger partial charge in [0, 0.05) is 24.8 Å². The molecule has 0 radical (unpaired) electrons. The molecule has 1 atom stereocenters. The van der Waals surface area contributed by atoms with Crippen LogP contribution in [0.4, 0.5) is 0 Å². The number of carbonyl (C=O) groups is 1. The van der Waals surface area contributed by atoms with Crippen LogP contribution in [0, 0.1) is 0 Å². The fourth-order valence-corrected chi connectivity index (χ4v) is 3.65. The van der Waals surface area contributed by atoms with E-state index in [1.165, 1.54) is 0 Å². The van der Waals surface area contributed by atoms with E-state index < -0.39 is 0 Å². The van der Waals surface area contributed by atoms with E-state index in [4.69, 9.17) is 9.47 Å². The zero-order valence-electron chi connectivity index (χ0n) is 15.7. The Bertz CT molecular complexity index is 1010. The van der Waals surface area contributed by atoms with Crippen molar-refractivity contribution >= 4 is 5.91 Å². The minimum Gasteiger partial charge on any atom is -0.508 e. The first-order valence-corrected chi connectivity index (χ1v) is 8.95. The van der Waals surface area contributed by atoms with Crippen LogP contribution < -0.4 is 4.74 Å². The quantitative estimate of drug-likeness (QED) is 0.687. The highest BCUT2D eigenvalue weighted by molar-refractivity contribution is 6.00. The van der Waals surface area contributed by atoms with E-state index in [0.29, 0.717) is 30.3 Å². The van der Waals surface area contributed by atoms with E-state index in [1.807, 2.05) is 30.3 Å². The summed E-state index contributed by atoms with van der Waals surface area (Å²) >= 11 is 0. The largest absolute Gasteiger partial charge is 0.508 e. The van der Waals surface area contributed by atoms with Crippen molar-refractivity contribution in [1.82, 2.24) is 15.1 Å². The molecule has 144 valence electrons. The number of hydrogen-bond acceptors (Lipinski definition) is 5. The number of amides is 1. The van der Waals surface area contributed by atoms with Crippen LogP contribution in [0.5, 0.6) is 11.5 Å². The van der Waals surface area contributed by atoms with E-state index >= 15 is 0 Å². The van der Waals surface area contributed by atoms with Crippen molar-refractivity contribution in [1.29, 1.82) is 0 Å². The van der Waals surface area contributed by atoms with Crippen LogP contribution in [-0.2, 0) is 4.74 Å². The third-order valence-corrected chi connectivity index (χ3v) is 4.93. The van der Waals surface area contributed by atoms with E-state index in [2.05, 4.69) is 10.2 Å². The number of nitrogens with one attached hydrogen (secondary N) is 1. The number of hydrogen-bond donors (Lipinski definition) is 2. The van der Waals surface area contributed by atoms with Crippen molar-refractivity contribution in [3.63, 3.8) is 0 Å². The molecule has 3 aromatic rings. The van der Waals surface area contributed by atoms with Gasteiger partial charge in [-0.3, -0.25) is 9.89 Å². The lowest BCUT2D eigenvalue weighted by Crippen LogP contribution is -2.32. The topological polar surface area (TPSA) is 87.7 Å². The summed E-state index contributed by atoms with van der Waals surface area (Å²) in [5.41, 5.74) is 3.61. The summed E-state index contributed by atoms with van der Waals surface area (Å²) in [6.45, 7) is 0.836. The fraction of sp³-hybridized carbons (Fsp3) is 0.238. The zero-order chi connectivity index (χ0) is 19.7. The van der Waals surface area contributed by atoms with E-state index in [1.54, 1.807) is 37.3 Å². The Hall–Kier alpha value is -3.32. The number of rotatable bonds is 6. The SMILES string of the molecule is COCCN1C(=O)c2[nH]nc(-c3cccc(OC)c3)c2[C@H]1c1cccc(O)c1. The molecule has 0 unspecified atom stereocenters. The summed E-state index contributed by atoms with van der Waals surface area (Å²) in [7, 11) is 3.21. The number of aromatic amines is 1. The highest BCUT2D eigenvalue weighted by Gasteiger charge is 2.42. The van der Waals surface area contributed by atoms with Crippen molar-refractivity contribution < 1.29 is 19.4 Å². The number of nitrogens with zero attached hydrogens (tertiary/aromatic N) is 2. The lowest BCUT2D eigenvalue weighted by Gasteiger charge is -2.26. The zero-order valence-corrected chi connectivity index (χ0v) is 15.7. The second-order valence-electron chi connectivity index (χ2n) is 6.58. The Morgan fingerprint density at radius 3 is 2.75 bits per heavy atom. The number of phenols is 1. The molecule has 0 spiro atoms. The van der Waals surface area contributed by atoms with Crippen LogP contribution in [0.25, 0.3) is 11.3 Å². The Balaban J connectivity index is 1.86. The van der Waals surface area contributed by atoms with Gasteiger partial charge in [0.1, 0.15) is 17.2 Å². The number of ether oxygens (including phenoxy) is 2. The van der Waals surface area contributed by atoms with Crippen LogP contribution in [-0.4, -0.2) is 53.5 Å². The van der Waals surface area contributed by atoms with Crippen molar-refractivity contribution in [2.24, 2.45) is 0 Å². The standard InChI is InChI=1S/C21H21N3O4/c1-27-10-9-24-20(14-6-3-7-15(25)11-14)17-18(22-23-19(17)21(24)26)13-5-4-8-16(12-13)28-2/h3-8,11-12,20,25H,9-10H2,1-2H3,(H,22,23)/t20-/m1/s1. The second-order valence-corrected chi connectivity index (χ2v) is 6.58. The molecule has 0 saturated carbocycles. The maximum Gasteiger partial charge on any atom is 0.273 e. The van der Waals surface area contributed by atoms with Crippen molar-refractivity contribution in [2.75, 3.05) is 27.4 Å². The van der Waals surface area contributed by atoms with Crippen LogP contribution in [0.3, 0.4) is 0 Å². The summed E-state index contributed by atoms with van der Waals surface area (Å²) in [6, 6.07) is 14.1. The molecule has 0 aliphatic carbocycles. The third kappa shape index (κ3) is 2.99. The molecule has 7 heteroatoms. The maximum absolute atomic E-state index is 13.1. The van der Waals surface area contributed by atoms with Crippen LogP contribution in [0.1, 0.15) is 27.7 Å². The Morgan fingerprint density at radius 1 is 1.18 bits per heavy atom. The summed E-state index contributed by atoms with van der Waals surface area (Å²) in [6.07, 6.45) is 0. The molecule has 2 aromatic carbocycles. The predicted molar refractivity (Wildman–Crippen MR) is 103 cm³/mol. The van der Waals surface area contributed by atoms with Gasteiger partial charge in [-0.05, 0) is 29.8 Å². The van der Waals surface area contributed by atoms with Gasteiger partial charge >= 0.3 is 0 Å². The van der Waals surface area contributed by atoms with Gasteiger partial charge < -0.3 is 19.5 Å². The maximum atomic E-state index is 13.1. The van der Waals surface area contributed by atoms with Crippen molar-refractivity contribution in [3.8, 4) is 22.8 Å². The molecule has 1 aliphatic rings. The summed E-state index contributed by atoms with van der Waals surface area (Å²) in [4.78, 5) is 14.8. The van der Waals surface area contributed by atoms with Gasteiger partial charge in [0.15, 0.2) is 0 Å². The molecule has 1 aromatic heterocycles. The van der Waals surface area contributed by atoms with E-state index in [0.717, 1.165) is 16.7 Å². The lowest BCUT2D eigenvalue weighted by molar-refractivity contribution is 0.0677. The number of carbonyl (C=O) groups excluding carboxylic acids is 1. The normalized spacial score (nSPS) is 15.7. The third-order valence-electron chi connectivity index (χ3n) is 4.93. The number of aromatic hydroxyl groups is 1. The molecular weight excluding hydrogens is 358 g/mol. The number of aromatic nitrogens is 2. The Kier molecular flexibility index (Phi) is 4.75. The summed E-state index contributed by atoms with van der Waals surface area (Å²) in [5, 5.41) is 17.3. The molecule has 7 nitrogen and oxygen atoms in total. The molecule has 4 rings (SSSR count). The molecule has 1 amide bonds. The van der Waals surface area contributed by atoms with Gasteiger partial charge in [-0.2, -0.15) is 5.10 Å². The molecular formula is C21H21N3O4. The molecule has 1 aliphatic heterocycles. The number of fused-ring (bicyclic) bond motifs is 1.